The van der Waals surface area contributed by atoms with Gasteiger partial charge in [0.25, 0.3) is 0 Å². The van der Waals surface area contributed by atoms with Gasteiger partial charge in [0.15, 0.2) is 0 Å². The molecular weight excluding hydrogens is 251 g/mol. The van der Waals surface area contributed by atoms with Crippen LogP contribution < -0.4 is 5.32 Å². The Kier molecular flexibility index (Phi) is 4.60. The summed E-state index contributed by atoms with van der Waals surface area (Å²) >= 11 is 1.48. The number of aryl methyl sites for hydroxylation is 1. The van der Waals surface area contributed by atoms with Crippen LogP contribution in [-0.2, 0) is 4.79 Å². The Balaban J connectivity index is 1.88. The minimum Gasteiger partial charge on any atom is -0.339 e. The van der Waals surface area contributed by atoms with Crippen molar-refractivity contribution in [1.29, 1.82) is 0 Å². The SMILES string of the molecule is Cc1cc(F)ccc1SCC(=O)N1CCNCC1. The first kappa shape index (κ1) is 13.4. The smallest absolute Gasteiger partial charge is 0.233 e. The zero-order chi connectivity index (χ0) is 13.0. The van der Waals surface area contributed by atoms with Crippen molar-refractivity contribution < 1.29 is 9.18 Å². The Morgan fingerprint density at radius 2 is 2.17 bits per heavy atom. The Labute approximate surface area is 111 Å². The second kappa shape index (κ2) is 6.20. The van der Waals surface area contributed by atoms with Gasteiger partial charge >= 0.3 is 0 Å². The molecule has 0 unspecified atom stereocenters. The summed E-state index contributed by atoms with van der Waals surface area (Å²) in [6.07, 6.45) is 0. The summed E-state index contributed by atoms with van der Waals surface area (Å²) < 4.78 is 12.9. The van der Waals surface area contributed by atoms with Gasteiger partial charge in [0.1, 0.15) is 5.82 Å². The standard InChI is InChI=1S/C13H17FN2OS/c1-10-8-11(14)2-3-12(10)18-9-13(17)16-6-4-15-5-7-16/h2-3,8,15H,4-7,9H2,1H3. The highest BCUT2D eigenvalue weighted by Crippen LogP contribution is 2.23. The van der Waals surface area contributed by atoms with Crippen LogP contribution in [-0.4, -0.2) is 42.7 Å². The summed E-state index contributed by atoms with van der Waals surface area (Å²) in [5, 5.41) is 3.22. The van der Waals surface area contributed by atoms with Crippen LogP contribution in [0.2, 0.25) is 0 Å². The van der Waals surface area contributed by atoms with Gasteiger partial charge in [-0.3, -0.25) is 4.79 Å². The fourth-order valence-corrected chi connectivity index (χ4v) is 2.83. The van der Waals surface area contributed by atoms with Crippen LogP contribution in [0.3, 0.4) is 0 Å². The number of thioether (sulfide) groups is 1. The van der Waals surface area contributed by atoms with Gasteiger partial charge in [-0.25, -0.2) is 4.39 Å². The van der Waals surface area contributed by atoms with Gasteiger partial charge in [-0.1, -0.05) is 0 Å². The number of carbonyl (C=O) groups excluding carboxylic acids is 1. The molecule has 0 radical (unpaired) electrons. The van der Waals surface area contributed by atoms with Crippen LogP contribution in [0.5, 0.6) is 0 Å². The van der Waals surface area contributed by atoms with Crippen molar-refractivity contribution in [3.05, 3.63) is 29.6 Å². The van der Waals surface area contributed by atoms with Crippen molar-refractivity contribution in [3.8, 4) is 0 Å². The summed E-state index contributed by atoms with van der Waals surface area (Å²) in [6, 6.07) is 4.67. The molecular formula is C13H17FN2OS. The first-order valence-corrected chi connectivity index (χ1v) is 7.03. The number of hydrogen-bond acceptors (Lipinski definition) is 3. The molecule has 0 aliphatic carbocycles. The third-order valence-electron chi connectivity index (χ3n) is 2.96. The van der Waals surface area contributed by atoms with Crippen LogP contribution in [0.4, 0.5) is 4.39 Å². The topological polar surface area (TPSA) is 32.3 Å². The lowest BCUT2D eigenvalue weighted by Gasteiger charge is -2.27. The minimum atomic E-state index is -0.231. The van der Waals surface area contributed by atoms with Crippen LogP contribution >= 0.6 is 11.8 Å². The van der Waals surface area contributed by atoms with Crippen molar-refractivity contribution in [2.24, 2.45) is 0 Å². The maximum Gasteiger partial charge on any atom is 0.233 e. The lowest BCUT2D eigenvalue weighted by Crippen LogP contribution is -2.47. The monoisotopic (exact) mass is 268 g/mol. The van der Waals surface area contributed by atoms with E-state index in [0.29, 0.717) is 5.75 Å². The lowest BCUT2D eigenvalue weighted by molar-refractivity contribution is -0.128. The molecule has 1 aliphatic rings. The van der Waals surface area contributed by atoms with E-state index in [4.69, 9.17) is 0 Å². The molecule has 1 heterocycles. The molecule has 0 bridgehead atoms. The summed E-state index contributed by atoms with van der Waals surface area (Å²) in [5.41, 5.74) is 0.883. The van der Waals surface area contributed by atoms with Crippen LogP contribution in [0, 0.1) is 12.7 Å². The van der Waals surface area contributed by atoms with E-state index in [0.717, 1.165) is 36.6 Å². The number of nitrogens with zero attached hydrogens (tertiary/aromatic N) is 1. The van der Waals surface area contributed by atoms with Gasteiger partial charge < -0.3 is 10.2 Å². The van der Waals surface area contributed by atoms with Crippen molar-refractivity contribution in [2.45, 2.75) is 11.8 Å². The first-order valence-electron chi connectivity index (χ1n) is 6.04. The third kappa shape index (κ3) is 3.46. The van der Waals surface area contributed by atoms with E-state index in [-0.39, 0.29) is 11.7 Å². The summed E-state index contributed by atoms with van der Waals surface area (Å²) in [5.74, 6) is 0.349. The molecule has 1 N–H and O–H groups in total. The Morgan fingerprint density at radius 3 is 2.83 bits per heavy atom. The first-order chi connectivity index (χ1) is 8.66. The lowest BCUT2D eigenvalue weighted by atomic mass is 10.2. The predicted octanol–water partition coefficient (Wildman–Crippen LogP) is 1.66. The zero-order valence-corrected chi connectivity index (χ0v) is 11.2. The zero-order valence-electron chi connectivity index (χ0n) is 10.4. The van der Waals surface area contributed by atoms with E-state index in [1.54, 1.807) is 6.07 Å². The number of benzene rings is 1. The van der Waals surface area contributed by atoms with E-state index < -0.39 is 0 Å². The summed E-state index contributed by atoms with van der Waals surface area (Å²) in [4.78, 5) is 14.8. The fourth-order valence-electron chi connectivity index (χ4n) is 1.92. The van der Waals surface area contributed by atoms with Gasteiger partial charge in [-0.2, -0.15) is 0 Å². The second-order valence-electron chi connectivity index (χ2n) is 4.33. The molecule has 0 saturated carbocycles. The van der Waals surface area contributed by atoms with Gasteiger partial charge in [0.2, 0.25) is 5.91 Å². The fraction of sp³-hybridized carbons (Fsp3) is 0.462. The van der Waals surface area contributed by atoms with E-state index in [9.17, 15) is 9.18 Å². The Morgan fingerprint density at radius 1 is 1.44 bits per heavy atom. The number of carbonyl (C=O) groups is 1. The molecule has 0 aromatic heterocycles. The van der Waals surface area contributed by atoms with Crippen molar-refractivity contribution in [2.75, 3.05) is 31.9 Å². The molecule has 1 aliphatic heterocycles. The molecule has 98 valence electrons. The molecule has 0 atom stereocenters. The van der Waals surface area contributed by atoms with Crippen LogP contribution in [0.15, 0.2) is 23.1 Å². The summed E-state index contributed by atoms with van der Waals surface area (Å²) in [6.45, 7) is 5.16. The number of halogens is 1. The van der Waals surface area contributed by atoms with Crippen molar-refractivity contribution >= 4 is 17.7 Å². The number of amides is 1. The highest BCUT2D eigenvalue weighted by atomic mass is 32.2. The largest absolute Gasteiger partial charge is 0.339 e. The molecule has 18 heavy (non-hydrogen) atoms. The minimum absolute atomic E-state index is 0.158. The highest BCUT2D eigenvalue weighted by molar-refractivity contribution is 8.00. The van der Waals surface area contributed by atoms with E-state index in [2.05, 4.69) is 5.32 Å². The molecule has 1 fully saturated rings. The molecule has 0 spiro atoms. The molecule has 1 aromatic carbocycles. The normalized spacial score (nSPS) is 15.8. The number of hydrogen-bond donors (Lipinski definition) is 1. The number of piperazine rings is 1. The highest BCUT2D eigenvalue weighted by Gasteiger charge is 2.16. The third-order valence-corrected chi connectivity index (χ3v) is 4.12. The quantitative estimate of drug-likeness (QED) is 0.846. The second-order valence-corrected chi connectivity index (χ2v) is 5.35. The Hall–Kier alpha value is -1.07. The average molecular weight is 268 g/mol. The van der Waals surface area contributed by atoms with E-state index in [1.165, 1.54) is 23.9 Å². The maximum absolute atomic E-state index is 12.9. The van der Waals surface area contributed by atoms with E-state index in [1.807, 2.05) is 11.8 Å². The summed E-state index contributed by atoms with van der Waals surface area (Å²) in [7, 11) is 0. The molecule has 5 heteroatoms. The van der Waals surface area contributed by atoms with Crippen molar-refractivity contribution in [3.63, 3.8) is 0 Å². The van der Waals surface area contributed by atoms with Crippen molar-refractivity contribution in [1.82, 2.24) is 10.2 Å². The average Bonchev–Trinajstić information content (AvgIpc) is 2.38. The van der Waals surface area contributed by atoms with Gasteiger partial charge in [0.05, 0.1) is 5.75 Å². The Bertz CT molecular complexity index is 433. The predicted molar refractivity (Wildman–Crippen MR) is 71.3 cm³/mol. The molecule has 1 saturated heterocycles. The maximum atomic E-state index is 12.9. The molecule has 2 rings (SSSR count). The molecule has 1 amide bonds. The number of rotatable bonds is 3. The van der Waals surface area contributed by atoms with Gasteiger partial charge in [-0.05, 0) is 30.7 Å². The van der Waals surface area contributed by atoms with E-state index >= 15 is 0 Å². The molecule has 1 aromatic rings. The van der Waals surface area contributed by atoms with Gasteiger partial charge in [0, 0.05) is 31.1 Å². The van der Waals surface area contributed by atoms with Gasteiger partial charge in [-0.15, -0.1) is 11.8 Å². The number of nitrogens with one attached hydrogen (secondary N) is 1. The van der Waals surface area contributed by atoms with Crippen LogP contribution in [0.1, 0.15) is 5.56 Å². The molecule has 3 nitrogen and oxygen atoms in total. The van der Waals surface area contributed by atoms with Crippen LogP contribution in [0.25, 0.3) is 0 Å².